The Bertz CT molecular complexity index is 1180. The van der Waals surface area contributed by atoms with Crippen LogP contribution in [0.1, 0.15) is 33.1 Å². The molecular weight excluding hydrogens is 434 g/mol. The van der Waals surface area contributed by atoms with Gasteiger partial charge in [0.05, 0.1) is 23.1 Å². The first-order valence-corrected chi connectivity index (χ1v) is 10.2. The minimum atomic E-state index is -1.18. The second kappa shape index (κ2) is 12.4. The van der Waals surface area contributed by atoms with Crippen LogP contribution in [0.15, 0.2) is 54.6 Å². The molecule has 0 atom stereocenters. The minimum Gasteiger partial charge on any atom is -0.545 e. The summed E-state index contributed by atoms with van der Waals surface area (Å²) in [5, 5.41) is 28.6. The zero-order valence-corrected chi connectivity index (χ0v) is 19.4. The topological polar surface area (TPSA) is 183 Å². The number of aromatic carboxylic acids is 1. The van der Waals surface area contributed by atoms with Crippen LogP contribution in [0.25, 0.3) is 0 Å². The fourth-order valence-electron chi connectivity index (χ4n) is 2.43. The van der Waals surface area contributed by atoms with E-state index in [9.17, 15) is 9.90 Å². The summed E-state index contributed by atoms with van der Waals surface area (Å²) in [5.41, 5.74) is 15.6. The van der Waals surface area contributed by atoms with Crippen molar-refractivity contribution in [3.63, 3.8) is 0 Å². The second-order valence-corrected chi connectivity index (χ2v) is 7.09. The number of carbonyl (C=O) groups excluding carboxylic acids is 1. The molecule has 0 saturated heterocycles. The number of nitrogens with one attached hydrogen (secondary N) is 2. The first-order valence-electron chi connectivity index (χ1n) is 10.2. The lowest BCUT2D eigenvalue weighted by Gasteiger charge is -2.12. The van der Waals surface area contributed by atoms with Gasteiger partial charge in [0.2, 0.25) is 5.95 Å². The smallest absolute Gasteiger partial charge is 0.410 e. The molecule has 0 radical (unpaired) electrons. The van der Waals surface area contributed by atoms with E-state index in [1.165, 1.54) is 6.07 Å². The van der Waals surface area contributed by atoms with Crippen LogP contribution < -0.4 is 26.9 Å². The van der Waals surface area contributed by atoms with Crippen LogP contribution >= 0.6 is 0 Å². The summed E-state index contributed by atoms with van der Waals surface area (Å²) < 4.78 is 0. The number of carboxylic acid groups (broad SMARTS) is 1. The Morgan fingerprint density at radius 2 is 1.44 bits per heavy atom. The molecule has 4 rings (SSSR count). The van der Waals surface area contributed by atoms with E-state index in [2.05, 4.69) is 35.7 Å². The third-order valence-corrected chi connectivity index (χ3v) is 4.47. The number of nitrogens with two attached hydrogens (primary N) is 2. The molecule has 0 bridgehead atoms. The van der Waals surface area contributed by atoms with E-state index in [-0.39, 0.29) is 11.5 Å². The summed E-state index contributed by atoms with van der Waals surface area (Å²) in [7, 11) is 0. The number of rotatable bonds is 3. The molecule has 11 nitrogen and oxygen atoms in total. The standard InChI is InChI=1S/C13H11NO2.2C5H8N4/c15-13(16)11-8-4-5-9-12(11)14-10-6-2-1-3-7-10;2*1-3-4(2)8-9-5(6)7-3/h1-9,14H,(H,15,16);2*1-2H3,(H2,6,7,9). The summed E-state index contributed by atoms with van der Waals surface area (Å²) in [6.07, 6.45) is 0. The molecule has 0 fully saturated rings. The molecular formula is C23H27N9O2. The highest BCUT2D eigenvalue weighted by Gasteiger charge is 2.02. The van der Waals surface area contributed by atoms with Crippen molar-refractivity contribution < 1.29 is 14.9 Å². The maximum absolute atomic E-state index is 10.9. The maximum atomic E-state index is 10.9. The van der Waals surface area contributed by atoms with Crippen molar-refractivity contribution in [3.8, 4) is 0 Å². The van der Waals surface area contributed by atoms with Gasteiger partial charge in [0.1, 0.15) is 5.69 Å². The Kier molecular flexibility index (Phi) is 9.32. The molecule has 34 heavy (non-hydrogen) atoms. The summed E-state index contributed by atoms with van der Waals surface area (Å²) >= 11 is 0. The molecule has 0 aliphatic carbocycles. The molecule has 176 valence electrons. The maximum Gasteiger partial charge on any atom is 0.410 e. The van der Waals surface area contributed by atoms with E-state index >= 15 is 0 Å². The number of benzene rings is 2. The molecule has 0 aliphatic heterocycles. The van der Waals surface area contributed by atoms with Crippen LogP contribution in [0, 0.1) is 27.7 Å². The van der Waals surface area contributed by atoms with Gasteiger partial charge in [-0.15, -0.1) is 5.10 Å². The van der Waals surface area contributed by atoms with Gasteiger partial charge in [0.15, 0.2) is 0 Å². The number of carboxylic acids is 1. The van der Waals surface area contributed by atoms with Crippen molar-refractivity contribution in [3.05, 3.63) is 82.9 Å². The number of aromatic amines is 1. The van der Waals surface area contributed by atoms with Crippen molar-refractivity contribution >= 4 is 29.2 Å². The van der Waals surface area contributed by atoms with Crippen molar-refractivity contribution in [2.75, 3.05) is 16.8 Å². The zero-order chi connectivity index (χ0) is 25.1. The van der Waals surface area contributed by atoms with Gasteiger partial charge in [-0.25, -0.2) is 9.97 Å². The highest BCUT2D eigenvalue weighted by molar-refractivity contribution is 5.93. The number of anilines is 4. The average molecular weight is 462 g/mol. The Labute approximate surface area is 197 Å². The third-order valence-electron chi connectivity index (χ3n) is 4.47. The van der Waals surface area contributed by atoms with Gasteiger partial charge in [-0.05, 0) is 45.9 Å². The number of carbonyl (C=O) groups is 1. The van der Waals surface area contributed by atoms with Crippen molar-refractivity contribution in [2.45, 2.75) is 27.7 Å². The number of para-hydroxylation sites is 2. The lowest BCUT2D eigenvalue weighted by molar-refractivity contribution is -0.376. The Hall–Kier alpha value is -4.67. The first-order chi connectivity index (χ1) is 16.2. The van der Waals surface area contributed by atoms with Crippen LogP contribution in [0.2, 0.25) is 0 Å². The summed E-state index contributed by atoms with van der Waals surface area (Å²) in [6, 6.07) is 16.1. The van der Waals surface area contributed by atoms with Gasteiger partial charge >= 0.3 is 5.95 Å². The van der Waals surface area contributed by atoms with Gasteiger partial charge in [-0.2, -0.15) is 5.10 Å². The van der Waals surface area contributed by atoms with Crippen LogP contribution in [-0.2, 0) is 0 Å². The highest BCUT2D eigenvalue weighted by atomic mass is 16.4. The van der Waals surface area contributed by atoms with Crippen LogP contribution in [-0.4, -0.2) is 31.3 Å². The number of nitrogens with zero attached hydrogens (tertiary/aromatic N) is 5. The van der Waals surface area contributed by atoms with E-state index < -0.39 is 5.97 Å². The molecule has 4 aromatic rings. The van der Waals surface area contributed by atoms with Gasteiger partial charge in [-0.3, -0.25) is 5.73 Å². The molecule has 6 N–H and O–H groups in total. The van der Waals surface area contributed by atoms with Crippen LogP contribution in [0.4, 0.5) is 23.3 Å². The number of aryl methyl sites for hydroxylation is 4. The lowest BCUT2D eigenvalue weighted by atomic mass is 10.1. The number of hydrogen-bond donors (Lipinski definition) is 3. The second-order valence-electron chi connectivity index (χ2n) is 7.09. The Morgan fingerprint density at radius 1 is 0.824 bits per heavy atom. The number of hydrogen-bond acceptors (Lipinski definition) is 10. The summed E-state index contributed by atoms with van der Waals surface area (Å²) in [4.78, 5) is 17.6. The van der Waals surface area contributed by atoms with Gasteiger partial charge in [-0.1, -0.05) is 41.5 Å². The number of H-pyrrole nitrogens is 1. The van der Waals surface area contributed by atoms with Gasteiger partial charge in [0, 0.05) is 22.0 Å². The van der Waals surface area contributed by atoms with Crippen molar-refractivity contribution in [1.29, 1.82) is 0 Å². The Balaban J connectivity index is 0.000000194. The van der Waals surface area contributed by atoms with Crippen LogP contribution in [0.5, 0.6) is 0 Å². The highest BCUT2D eigenvalue weighted by Crippen LogP contribution is 2.19. The molecule has 2 aromatic heterocycles. The lowest BCUT2D eigenvalue weighted by Crippen LogP contribution is -2.23. The van der Waals surface area contributed by atoms with Crippen LogP contribution in [0.3, 0.4) is 0 Å². The number of aromatic nitrogens is 6. The average Bonchev–Trinajstić information content (AvgIpc) is 2.81. The molecule has 11 heteroatoms. The van der Waals surface area contributed by atoms with Crippen molar-refractivity contribution in [1.82, 2.24) is 25.4 Å². The third kappa shape index (κ3) is 8.11. The normalized spacial score (nSPS) is 9.65. The number of nitrogen functional groups attached to an aromatic ring is 2. The molecule has 0 unspecified atom stereocenters. The van der Waals surface area contributed by atoms with Gasteiger partial charge in [0.25, 0.3) is 0 Å². The fraction of sp³-hybridized carbons (Fsp3) is 0.174. The van der Waals surface area contributed by atoms with Gasteiger partial charge < -0.3 is 21.0 Å². The molecule has 0 aliphatic rings. The predicted octanol–water partition coefficient (Wildman–Crippen LogP) is 1.35. The van der Waals surface area contributed by atoms with E-state index in [1.807, 2.05) is 58.0 Å². The zero-order valence-electron chi connectivity index (χ0n) is 19.4. The van der Waals surface area contributed by atoms with Crippen molar-refractivity contribution in [2.24, 2.45) is 0 Å². The molecule has 2 aromatic carbocycles. The largest absolute Gasteiger partial charge is 0.545 e. The van der Waals surface area contributed by atoms with E-state index in [0.29, 0.717) is 11.6 Å². The predicted molar refractivity (Wildman–Crippen MR) is 127 cm³/mol. The van der Waals surface area contributed by atoms with E-state index in [0.717, 1.165) is 28.5 Å². The Morgan fingerprint density at radius 3 is 2.00 bits per heavy atom. The molecule has 0 spiro atoms. The molecule has 0 amide bonds. The SMILES string of the molecule is Cc1nnc(N)[nH+]c1C.Cc1nnc(N)nc1C.O=C([O-])c1ccccc1Nc1ccccc1. The monoisotopic (exact) mass is 461 g/mol. The molecule has 0 saturated carbocycles. The summed E-state index contributed by atoms with van der Waals surface area (Å²) in [5.74, 6) is -0.588. The molecule has 2 heterocycles. The minimum absolute atomic E-state index is 0.159. The summed E-state index contributed by atoms with van der Waals surface area (Å²) in [6.45, 7) is 7.47. The first kappa shape index (κ1) is 25.6. The quantitative estimate of drug-likeness (QED) is 0.402. The van der Waals surface area contributed by atoms with E-state index in [4.69, 9.17) is 11.5 Å². The van der Waals surface area contributed by atoms with E-state index in [1.54, 1.807) is 18.2 Å². The fourth-order valence-corrected chi connectivity index (χ4v) is 2.43.